The van der Waals surface area contributed by atoms with Crippen LogP contribution in [0.2, 0.25) is 0 Å². The Kier molecular flexibility index (Phi) is 15.5. The highest BCUT2D eigenvalue weighted by atomic mass is 16.7. The van der Waals surface area contributed by atoms with Crippen molar-refractivity contribution in [2.45, 2.75) is 95.7 Å². The Morgan fingerprint density at radius 1 is 0.917 bits per heavy atom. The van der Waals surface area contributed by atoms with Crippen molar-refractivity contribution in [1.29, 1.82) is 0 Å². The Morgan fingerprint density at radius 3 is 2.22 bits per heavy atom. The van der Waals surface area contributed by atoms with Crippen LogP contribution < -0.4 is 15.4 Å². The van der Waals surface area contributed by atoms with Gasteiger partial charge in [0.15, 0.2) is 12.6 Å². The third-order valence-electron chi connectivity index (χ3n) is 10.2. The lowest BCUT2D eigenvalue weighted by Gasteiger charge is -2.39. The Labute approximate surface area is 350 Å². The first-order valence-corrected chi connectivity index (χ1v) is 20.2. The van der Waals surface area contributed by atoms with Crippen molar-refractivity contribution in [3.05, 3.63) is 96.1 Å². The number of nitrogens with one attached hydrogen (secondary N) is 2. The van der Waals surface area contributed by atoms with Gasteiger partial charge >= 0.3 is 18.0 Å². The van der Waals surface area contributed by atoms with Crippen LogP contribution in [0, 0.1) is 0 Å². The number of fused-ring (bicyclic) bond motifs is 3. The minimum absolute atomic E-state index is 0.00246. The second kappa shape index (κ2) is 20.3. The summed E-state index contributed by atoms with van der Waals surface area (Å²) in [5.74, 6) is -2.02. The average molecular weight is 833 g/mol. The summed E-state index contributed by atoms with van der Waals surface area (Å²) in [4.78, 5) is 51.9. The number of nitrogens with zero attached hydrogens (tertiary/aromatic N) is 1. The summed E-state index contributed by atoms with van der Waals surface area (Å²) in [5, 5.41) is 37.4. The number of esters is 2. The molecule has 0 radical (unpaired) electrons. The lowest BCUT2D eigenvalue weighted by Crippen LogP contribution is -2.61. The molecule has 1 aliphatic heterocycles. The number of amides is 2. The van der Waals surface area contributed by atoms with Crippen LogP contribution in [0.1, 0.15) is 69.6 Å². The number of carbonyl (C=O) groups excluding carboxylic acids is 4. The highest BCUT2D eigenvalue weighted by Crippen LogP contribution is 2.44. The van der Waals surface area contributed by atoms with Crippen LogP contribution in [0.15, 0.2) is 79.4 Å². The first kappa shape index (κ1) is 45.8. The summed E-state index contributed by atoms with van der Waals surface area (Å²) in [7, 11) is 1.95. The Balaban J connectivity index is 1.30. The highest BCUT2D eigenvalue weighted by Gasteiger charge is 2.49. The van der Waals surface area contributed by atoms with Gasteiger partial charge in [-0.05, 0) is 67.6 Å². The van der Waals surface area contributed by atoms with Crippen LogP contribution in [0.5, 0.6) is 5.75 Å². The molecule has 0 saturated carbocycles. The molecule has 1 fully saturated rings. The van der Waals surface area contributed by atoms with E-state index in [2.05, 4.69) is 24.1 Å². The van der Waals surface area contributed by atoms with Crippen LogP contribution in [-0.4, -0.2) is 120 Å². The van der Waals surface area contributed by atoms with E-state index in [4.69, 9.17) is 23.7 Å². The van der Waals surface area contributed by atoms with Crippen LogP contribution >= 0.6 is 0 Å². The number of quaternary nitrogens is 1. The van der Waals surface area contributed by atoms with Crippen LogP contribution in [0.25, 0.3) is 11.1 Å². The Morgan fingerprint density at radius 2 is 1.58 bits per heavy atom. The fraction of sp³-hybridized carbons (Fsp3) is 0.467. The monoisotopic (exact) mass is 832 g/mol. The van der Waals surface area contributed by atoms with Crippen molar-refractivity contribution in [3.63, 3.8) is 0 Å². The van der Waals surface area contributed by atoms with Crippen molar-refractivity contribution >= 4 is 29.6 Å². The quantitative estimate of drug-likeness (QED) is 0.0519. The molecule has 3 aromatic rings. The van der Waals surface area contributed by atoms with Gasteiger partial charge in [0.1, 0.15) is 49.4 Å². The molecule has 0 aromatic heterocycles. The molecule has 2 amide bonds. The van der Waals surface area contributed by atoms with Crippen LogP contribution in [0.3, 0.4) is 0 Å². The summed E-state index contributed by atoms with van der Waals surface area (Å²) in [6.07, 6.45) is -6.68. The predicted octanol–water partition coefficient (Wildman–Crippen LogP) is 4.56. The number of aliphatic hydroxyl groups is 3. The number of unbranched alkanes of at least 4 members (excludes halogenated alkanes) is 1. The van der Waals surface area contributed by atoms with Crippen LogP contribution in [0.4, 0.5) is 10.5 Å². The number of hydrogen-bond acceptors (Lipinski definition) is 12. The maximum absolute atomic E-state index is 13.5. The number of carbonyl (C=O) groups is 4. The minimum Gasteiger partial charge on any atom is -0.460 e. The molecule has 2 aliphatic rings. The van der Waals surface area contributed by atoms with E-state index in [0.717, 1.165) is 35.1 Å². The van der Waals surface area contributed by atoms with Gasteiger partial charge in [0.05, 0.1) is 19.3 Å². The molecule has 5 N–H and O–H groups in total. The number of rotatable bonds is 18. The first-order chi connectivity index (χ1) is 28.5. The largest absolute Gasteiger partial charge is 0.460 e. The van der Waals surface area contributed by atoms with Crippen molar-refractivity contribution in [2.75, 3.05) is 45.2 Å². The molecule has 0 spiro atoms. The Bertz CT molecular complexity index is 1950. The van der Waals surface area contributed by atoms with E-state index in [0.29, 0.717) is 23.1 Å². The molecule has 15 heteroatoms. The summed E-state index contributed by atoms with van der Waals surface area (Å²) >= 11 is 0. The van der Waals surface area contributed by atoms with Gasteiger partial charge in [0, 0.05) is 24.4 Å². The van der Waals surface area contributed by atoms with Gasteiger partial charge in [-0.15, -0.1) is 0 Å². The molecular weight excluding hydrogens is 775 g/mol. The van der Waals surface area contributed by atoms with E-state index in [9.17, 15) is 34.5 Å². The zero-order valence-electron chi connectivity index (χ0n) is 34.9. The molecule has 1 saturated heterocycles. The molecule has 0 bridgehead atoms. The number of hydrogen-bond donors (Lipinski definition) is 5. The topological polar surface area (TPSA) is 199 Å². The van der Waals surface area contributed by atoms with E-state index >= 15 is 0 Å². The standard InChI is InChI=1S/C45H57N3O12/c1-7-9-22-48(6,26-37(50)60-45(3,4)5)25-28-18-19-35(58-43-40(53)38(51)39(52)41(59-43)42(54)56-23-8-2)34(24-28)47-36(49)20-21-46-44(55)57-27-33-31-16-12-10-14-29(31)30-15-11-13-17-32(30)33/h8,10-19,24,33,38-41,43,51-53H,2,7,9,20-23,25-27H2,1,3-6H3,(H-,46,47,49,55)/p+1/t38-,39-,40+,41-,43+,48?/m0/s1. The van der Waals surface area contributed by atoms with E-state index in [1.165, 1.54) is 12.1 Å². The van der Waals surface area contributed by atoms with Gasteiger partial charge in [-0.1, -0.05) is 74.5 Å². The summed E-state index contributed by atoms with van der Waals surface area (Å²) < 4.78 is 28.2. The van der Waals surface area contributed by atoms with Crippen molar-refractivity contribution in [2.24, 2.45) is 0 Å². The average Bonchev–Trinajstić information content (AvgIpc) is 3.52. The maximum Gasteiger partial charge on any atom is 0.407 e. The second-order valence-corrected chi connectivity index (χ2v) is 16.4. The number of benzene rings is 3. The normalized spacial score (nSPS) is 20.8. The zero-order chi connectivity index (χ0) is 43.6. The molecule has 60 heavy (non-hydrogen) atoms. The van der Waals surface area contributed by atoms with E-state index in [1.54, 1.807) is 32.9 Å². The number of anilines is 1. The van der Waals surface area contributed by atoms with E-state index in [-0.39, 0.29) is 56.0 Å². The fourth-order valence-corrected chi connectivity index (χ4v) is 7.38. The molecule has 3 aromatic carbocycles. The van der Waals surface area contributed by atoms with Gasteiger partial charge in [-0.3, -0.25) is 4.79 Å². The number of likely N-dealkylation sites (N-methyl/N-ethyl adjacent to an activating group) is 1. The molecule has 15 nitrogen and oxygen atoms in total. The van der Waals surface area contributed by atoms with Gasteiger partial charge in [-0.2, -0.15) is 0 Å². The van der Waals surface area contributed by atoms with Gasteiger partial charge in [0.2, 0.25) is 12.2 Å². The molecule has 6 atom stereocenters. The Hall–Kier alpha value is -5.32. The fourth-order valence-electron chi connectivity index (χ4n) is 7.38. The number of ether oxygens (including phenoxy) is 5. The van der Waals surface area contributed by atoms with Crippen LogP contribution in [-0.2, 0) is 39.9 Å². The van der Waals surface area contributed by atoms with Gasteiger partial charge in [-0.25, -0.2) is 14.4 Å². The summed E-state index contributed by atoms with van der Waals surface area (Å²) in [6.45, 7) is 11.9. The van der Waals surface area contributed by atoms with E-state index in [1.807, 2.05) is 55.6 Å². The minimum atomic E-state index is -1.85. The highest BCUT2D eigenvalue weighted by molar-refractivity contribution is 5.92. The third kappa shape index (κ3) is 11.9. The van der Waals surface area contributed by atoms with Crippen molar-refractivity contribution in [3.8, 4) is 16.9 Å². The lowest BCUT2D eigenvalue weighted by molar-refractivity contribution is -0.916. The zero-order valence-corrected chi connectivity index (χ0v) is 34.9. The smallest absolute Gasteiger partial charge is 0.407 e. The summed E-state index contributed by atoms with van der Waals surface area (Å²) in [6, 6.07) is 20.9. The maximum atomic E-state index is 13.5. The van der Waals surface area contributed by atoms with Crippen molar-refractivity contribution in [1.82, 2.24) is 5.32 Å². The summed E-state index contributed by atoms with van der Waals surface area (Å²) in [5.41, 5.74) is 4.52. The molecule has 5 rings (SSSR count). The molecule has 1 heterocycles. The molecule has 324 valence electrons. The van der Waals surface area contributed by atoms with Crippen molar-refractivity contribution < 1.29 is 62.7 Å². The lowest BCUT2D eigenvalue weighted by atomic mass is 9.98. The van der Waals surface area contributed by atoms with Gasteiger partial charge < -0.3 is 54.1 Å². The predicted molar refractivity (Wildman–Crippen MR) is 222 cm³/mol. The molecule has 1 aliphatic carbocycles. The first-order valence-electron chi connectivity index (χ1n) is 20.2. The third-order valence-corrected chi connectivity index (χ3v) is 10.2. The van der Waals surface area contributed by atoms with E-state index < -0.39 is 54.3 Å². The molecule has 1 unspecified atom stereocenters. The number of aliphatic hydroxyl groups excluding tert-OH is 3. The van der Waals surface area contributed by atoms with Gasteiger partial charge in [0.25, 0.3) is 0 Å². The number of alkyl carbamates (subject to hydrolysis) is 1. The molecular formula is C45H58N3O12+. The second-order valence-electron chi connectivity index (χ2n) is 16.4. The SMILES string of the molecule is C=CCOC(=O)[C@H]1O[C@@H](Oc2ccc(C[N+](C)(CCCC)CC(=O)OC(C)(C)C)cc2NC(=O)CCNC(=O)OCC2c3ccccc3-c3ccccc32)[C@H](O)[C@@H](O)[C@@H]1O.